The summed E-state index contributed by atoms with van der Waals surface area (Å²) in [6.07, 6.45) is 3.16. The molecule has 2 aliphatic rings. The summed E-state index contributed by atoms with van der Waals surface area (Å²) in [5, 5.41) is 0. The van der Waals surface area contributed by atoms with Crippen LogP contribution in [0.15, 0.2) is 23.1 Å². The average Bonchev–Trinajstić information content (AvgIpc) is 3.18. The number of likely N-dealkylation sites (tertiary alicyclic amines) is 1. The van der Waals surface area contributed by atoms with Crippen molar-refractivity contribution in [2.75, 3.05) is 33.9 Å². The number of piperidine rings is 1. The Morgan fingerprint density at radius 1 is 1.07 bits per heavy atom. The van der Waals surface area contributed by atoms with Crippen molar-refractivity contribution < 1.29 is 22.7 Å². The van der Waals surface area contributed by atoms with Gasteiger partial charge in [0.15, 0.2) is 0 Å². The van der Waals surface area contributed by atoms with Gasteiger partial charge in [0.2, 0.25) is 15.9 Å². The van der Waals surface area contributed by atoms with Crippen molar-refractivity contribution in [3.05, 3.63) is 18.2 Å². The zero-order chi connectivity index (χ0) is 19.6. The van der Waals surface area contributed by atoms with E-state index in [1.807, 2.05) is 4.90 Å². The number of sulfonamides is 1. The van der Waals surface area contributed by atoms with Crippen molar-refractivity contribution in [2.24, 2.45) is 5.92 Å². The number of rotatable bonds is 5. The van der Waals surface area contributed by atoms with Crippen LogP contribution in [0.3, 0.4) is 0 Å². The Morgan fingerprint density at radius 2 is 1.78 bits per heavy atom. The molecule has 0 saturated carbocycles. The highest BCUT2D eigenvalue weighted by Gasteiger charge is 2.42. The standard InChI is InChI=1S/C19H28N2O5S/c1-14-8-11-20(12-9-14)19(22)16-5-4-10-21(16)27(23,24)18-13-15(25-2)6-7-17(18)26-3/h6-7,13-14,16H,4-5,8-12H2,1-3H3/t16-/m0/s1. The molecule has 3 rings (SSSR count). The summed E-state index contributed by atoms with van der Waals surface area (Å²) in [7, 11) is -0.960. The van der Waals surface area contributed by atoms with Crippen LogP contribution in [-0.4, -0.2) is 63.4 Å². The summed E-state index contributed by atoms with van der Waals surface area (Å²) in [6, 6.07) is 4.04. The number of carbonyl (C=O) groups excluding carboxylic acids is 1. The maximum atomic E-state index is 13.4. The third kappa shape index (κ3) is 3.91. The topological polar surface area (TPSA) is 76.1 Å². The molecule has 150 valence electrons. The van der Waals surface area contributed by atoms with Gasteiger partial charge >= 0.3 is 0 Å². The Kier molecular flexibility index (Phi) is 5.95. The van der Waals surface area contributed by atoms with Gasteiger partial charge in [0.25, 0.3) is 0 Å². The van der Waals surface area contributed by atoms with Gasteiger partial charge in [-0.3, -0.25) is 4.79 Å². The largest absolute Gasteiger partial charge is 0.497 e. The fourth-order valence-corrected chi connectivity index (χ4v) is 5.65. The van der Waals surface area contributed by atoms with Crippen molar-refractivity contribution in [2.45, 2.75) is 43.5 Å². The third-order valence-electron chi connectivity index (χ3n) is 5.54. The Morgan fingerprint density at radius 3 is 2.41 bits per heavy atom. The molecule has 0 spiro atoms. The summed E-state index contributed by atoms with van der Waals surface area (Å²) in [5.74, 6) is 1.21. The first-order chi connectivity index (χ1) is 12.9. The van der Waals surface area contributed by atoms with E-state index in [2.05, 4.69) is 6.92 Å². The Balaban J connectivity index is 1.88. The molecule has 0 aromatic heterocycles. The van der Waals surface area contributed by atoms with Gasteiger partial charge in [-0.25, -0.2) is 8.42 Å². The molecule has 0 radical (unpaired) electrons. The van der Waals surface area contributed by atoms with E-state index in [4.69, 9.17) is 9.47 Å². The average molecular weight is 397 g/mol. The van der Waals surface area contributed by atoms with E-state index in [1.54, 1.807) is 12.1 Å². The second-order valence-electron chi connectivity index (χ2n) is 7.30. The molecule has 0 unspecified atom stereocenters. The number of carbonyl (C=O) groups is 1. The van der Waals surface area contributed by atoms with Gasteiger partial charge in [-0.15, -0.1) is 0 Å². The van der Waals surface area contributed by atoms with Crippen LogP contribution < -0.4 is 9.47 Å². The number of hydrogen-bond donors (Lipinski definition) is 0. The van der Waals surface area contributed by atoms with Crippen molar-refractivity contribution in [3.8, 4) is 11.5 Å². The lowest BCUT2D eigenvalue weighted by Gasteiger charge is -2.34. The highest BCUT2D eigenvalue weighted by atomic mass is 32.2. The molecule has 0 N–H and O–H groups in total. The summed E-state index contributed by atoms with van der Waals surface area (Å²) < 4.78 is 38.5. The van der Waals surface area contributed by atoms with Crippen molar-refractivity contribution in [1.82, 2.24) is 9.21 Å². The van der Waals surface area contributed by atoms with E-state index >= 15 is 0 Å². The first-order valence-electron chi connectivity index (χ1n) is 9.41. The highest BCUT2D eigenvalue weighted by molar-refractivity contribution is 7.89. The first kappa shape index (κ1) is 19.9. The SMILES string of the molecule is COc1ccc(OC)c(S(=O)(=O)N2CCC[C@H]2C(=O)N2CCC(C)CC2)c1. The molecule has 0 bridgehead atoms. The second kappa shape index (κ2) is 8.06. The maximum Gasteiger partial charge on any atom is 0.247 e. The Bertz CT molecular complexity index is 787. The molecule has 1 aromatic carbocycles. The van der Waals surface area contributed by atoms with Crippen LogP contribution in [0.1, 0.15) is 32.6 Å². The van der Waals surface area contributed by atoms with Crippen molar-refractivity contribution in [3.63, 3.8) is 0 Å². The molecule has 2 aliphatic heterocycles. The van der Waals surface area contributed by atoms with Crippen molar-refractivity contribution in [1.29, 1.82) is 0 Å². The quantitative estimate of drug-likeness (QED) is 0.762. The van der Waals surface area contributed by atoms with Gasteiger partial charge in [-0.2, -0.15) is 4.31 Å². The third-order valence-corrected chi connectivity index (χ3v) is 7.47. The Hall–Kier alpha value is -1.80. The normalized spacial score (nSPS) is 22.0. The summed E-state index contributed by atoms with van der Waals surface area (Å²) in [5.41, 5.74) is 0. The lowest BCUT2D eigenvalue weighted by Crippen LogP contribution is -2.49. The van der Waals surface area contributed by atoms with E-state index in [-0.39, 0.29) is 16.6 Å². The monoisotopic (exact) mass is 396 g/mol. The first-order valence-corrected chi connectivity index (χ1v) is 10.8. The fraction of sp³-hybridized carbons (Fsp3) is 0.632. The van der Waals surface area contributed by atoms with Gasteiger partial charge in [-0.1, -0.05) is 6.92 Å². The molecule has 2 heterocycles. The van der Waals surface area contributed by atoms with Gasteiger partial charge < -0.3 is 14.4 Å². The molecule has 27 heavy (non-hydrogen) atoms. The van der Waals surface area contributed by atoms with Crippen LogP contribution in [0.2, 0.25) is 0 Å². The minimum Gasteiger partial charge on any atom is -0.497 e. The summed E-state index contributed by atoms with van der Waals surface area (Å²) in [6.45, 7) is 3.92. The number of nitrogens with zero attached hydrogens (tertiary/aromatic N) is 2. The number of amides is 1. The molecule has 0 aliphatic carbocycles. The predicted octanol–water partition coefficient (Wildman–Crippen LogP) is 2.12. The molecule has 8 heteroatoms. The minimum atomic E-state index is -3.88. The molecule has 2 saturated heterocycles. The van der Waals surface area contributed by atoms with E-state index in [0.717, 1.165) is 12.8 Å². The van der Waals surface area contributed by atoms with Crippen LogP contribution in [0.4, 0.5) is 0 Å². The van der Waals surface area contributed by atoms with Crippen LogP contribution in [0.25, 0.3) is 0 Å². The molecule has 1 atom stereocenters. The molecular weight excluding hydrogens is 368 g/mol. The molecule has 1 aromatic rings. The van der Waals surface area contributed by atoms with Gasteiger partial charge in [0, 0.05) is 25.7 Å². The van der Waals surface area contributed by atoms with E-state index < -0.39 is 16.1 Å². The number of benzene rings is 1. The summed E-state index contributed by atoms with van der Waals surface area (Å²) >= 11 is 0. The zero-order valence-corrected chi connectivity index (χ0v) is 17.0. The molecule has 7 nitrogen and oxygen atoms in total. The van der Waals surface area contributed by atoms with Crippen LogP contribution in [-0.2, 0) is 14.8 Å². The minimum absolute atomic E-state index is 0.0383. The van der Waals surface area contributed by atoms with Crippen LogP contribution in [0, 0.1) is 5.92 Å². The number of ether oxygens (including phenoxy) is 2. The number of methoxy groups -OCH3 is 2. The zero-order valence-electron chi connectivity index (χ0n) is 16.2. The van der Waals surface area contributed by atoms with E-state index in [9.17, 15) is 13.2 Å². The van der Waals surface area contributed by atoms with Crippen LogP contribution >= 0.6 is 0 Å². The van der Waals surface area contributed by atoms with Gasteiger partial charge in [-0.05, 0) is 43.7 Å². The second-order valence-corrected chi connectivity index (χ2v) is 9.16. The maximum absolute atomic E-state index is 13.4. The Labute approximate surface area is 161 Å². The predicted molar refractivity (Wildman–Crippen MR) is 101 cm³/mol. The number of hydrogen-bond acceptors (Lipinski definition) is 5. The van der Waals surface area contributed by atoms with E-state index in [1.165, 1.54) is 24.6 Å². The molecule has 2 fully saturated rings. The van der Waals surface area contributed by atoms with Crippen molar-refractivity contribution >= 4 is 15.9 Å². The fourth-order valence-electron chi connectivity index (χ4n) is 3.83. The summed E-state index contributed by atoms with van der Waals surface area (Å²) in [4.78, 5) is 14.9. The van der Waals surface area contributed by atoms with Crippen LogP contribution in [0.5, 0.6) is 11.5 Å². The lowest BCUT2D eigenvalue weighted by molar-refractivity contribution is -0.135. The van der Waals surface area contributed by atoms with E-state index in [0.29, 0.717) is 44.1 Å². The molecular formula is C19H28N2O5S. The van der Waals surface area contributed by atoms with Gasteiger partial charge in [0.1, 0.15) is 22.4 Å². The molecule has 1 amide bonds. The lowest BCUT2D eigenvalue weighted by atomic mass is 9.98. The van der Waals surface area contributed by atoms with Gasteiger partial charge in [0.05, 0.1) is 14.2 Å². The highest BCUT2D eigenvalue weighted by Crippen LogP contribution is 2.34. The smallest absolute Gasteiger partial charge is 0.247 e.